The van der Waals surface area contributed by atoms with E-state index in [2.05, 4.69) is 166 Å². The average molecular weight is 757 g/mol. The van der Waals surface area contributed by atoms with Gasteiger partial charge in [0.25, 0.3) is 0 Å². The summed E-state index contributed by atoms with van der Waals surface area (Å²) in [4.78, 5) is 35.9. The van der Waals surface area contributed by atoms with Crippen LogP contribution in [0.2, 0.25) is 0 Å². The van der Waals surface area contributed by atoms with E-state index in [0.29, 0.717) is 26.4 Å². The molecule has 0 aliphatic carbocycles. The Morgan fingerprint density at radius 2 is 0.595 bits per heavy atom. The summed E-state index contributed by atoms with van der Waals surface area (Å²) in [6, 6.07) is 0. The van der Waals surface area contributed by atoms with Crippen LogP contribution in [-0.4, -0.2) is 44.0 Å². The third-order valence-electron chi connectivity index (χ3n) is 2.83. The van der Waals surface area contributed by atoms with Crippen molar-refractivity contribution in [2.75, 3.05) is 26.4 Å². The fraction of sp³-hybridized carbons (Fsp3) is 0.800. The molecular weight excluding hydrogens is 721 g/mol. The van der Waals surface area contributed by atoms with Gasteiger partial charge in [-0.2, -0.15) is 19.6 Å². The Bertz CT molecular complexity index is 435. The maximum atomic E-state index is 4.59. The van der Waals surface area contributed by atoms with Gasteiger partial charge >= 0.3 is 21.1 Å². The molecule has 0 amide bonds. The first-order valence-corrected chi connectivity index (χ1v) is 14.4. The van der Waals surface area contributed by atoms with Crippen LogP contribution >= 0.6 is 48.9 Å². The molecule has 218 valence electrons. The van der Waals surface area contributed by atoms with Gasteiger partial charge < -0.3 is 119 Å². The first-order valence-electron chi connectivity index (χ1n) is 11.1. The van der Waals surface area contributed by atoms with Crippen LogP contribution in [0.4, 0.5) is 0 Å². The van der Waals surface area contributed by atoms with Gasteiger partial charge in [0, 0.05) is 0 Å². The van der Waals surface area contributed by atoms with E-state index < -0.39 is 0 Å². The largest absolute Gasteiger partial charge is 4.00 e. The molecule has 0 bridgehead atoms. The summed E-state index contributed by atoms with van der Waals surface area (Å²) < 4.78 is 0.0782. The van der Waals surface area contributed by atoms with Gasteiger partial charge in [0.05, 0.1) is 44.0 Å². The molecule has 0 aliphatic rings. The molecule has 0 aromatic heterocycles. The smallest absolute Gasteiger partial charge is 0.387 e. The molecule has 0 fully saturated rings. The molecule has 0 atom stereocenters. The Hall–Kier alpha value is 0.968. The molecule has 0 radical (unpaired) electrons. The fourth-order valence-corrected chi connectivity index (χ4v) is 1.56. The molecule has 17 heteroatoms. The van der Waals surface area contributed by atoms with Crippen molar-refractivity contribution >= 4 is 117 Å². The summed E-state index contributed by atoms with van der Waals surface area (Å²) >= 11 is 35.3. The molecule has 0 saturated carbocycles. The SMILES string of the molecule is CCCCOOC(=S)[S-].CCCCOOC(=S)[S-].CCCCOOC(=S)[S-].CCCCOOC(=S)[S-].[Mo+4]. The molecule has 8 nitrogen and oxygen atoms in total. The Morgan fingerprint density at radius 3 is 0.703 bits per heavy atom. The molecule has 0 heterocycles. The number of thiocarbonyl (C=S) groups is 4. The zero-order valence-electron chi connectivity index (χ0n) is 21.4. The normalized spacial score (nSPS) is 8.76. The average Bonchev–Trinajstić information content (AvgIpc) is 2.81. The Balaban J connectivity index is -0.000000122. The molecule has 0 aliphatic heterocycles. The van der Waals surface area contributed by atoms with E-state index in [-0.39, 0.29) is 38.6 Å². The van der Waals surface area contributed by atoms with Gasteiger partial charge in [-0.05, 0) is 25.7 Å². The molecule has 0 spiro atoms. The van der Waals surface area contributed by atoms with Crippen molar-refractivity contribution in [2.45, 2.75) is 79.1 Å². The second kappa shape index (κ2) is 44.0. The minimum absolute atomic E-state index is 0. The second-order valence-corrected chi connectivity index (χ2v) is 10.0. The summed E-state index contributed by atoms with van der Waals surface area (Å²) in [6.07, 6.45) is 8.19. The first kappa shape index (κ1) is 47.7. The van der Waals surface area contributed by atoms with Gasteiger partial charge in [-0.15, -0.1) is 0 Å². The molecule has 0 N–H and O–H groups in total. The van der Waals surface area contributed by atoms with Crippen LogP contribution in [0.3, 0.4) is 0 Å². The Morgan fingerprint density at radius 1 is 0.432 bits per heavy atom. The molecule has 37 heavy (non-hydrogen) atoms. The second-order valence-electron chi connectivity index (χ2n) is 6.04. The molecular formula is C20H36MoO8S8. The first-order chi connectivity index (χ1) is 17.1. The van der Waals surface area contributed by atoms with E-state index in [4.69, 9.17) is 0 Å². The van der Waals surface area contributed by atoms with Crippen molar-refractivity contribution in [3.8, 4) is 0 Å². The quantitative estimate of drug-likeness (QED) is 0.0444. The van der Waals surface area contributed by atoms with Gasteiger partial charge in [0.15, 0.2) is 0 Å². The van der Waals surface area contributed by atoms with E-state index in [0.717, 1.165) is 51.4 Å². The van der Waals surface area contributed by atoms with Crippen LogP contribution in [0, 0.1) is 0 Å². The molecule has 0 saturated heterocycles. The minimum Gasteiger partial charge on any atom is -0.387 e. The Labute approximate surface area is 280 Å². The van der Waals surface area contributed by atoms with Crippen LogP contribution in [0.1, 0.15) is 79.1 Å². The summed E-state index contributed by atoms with van der Waals surface area (Å²) in [5.41, 5.74) is 0. The fourth-order valence-electron chi connectivity index (χ4n) is 1.17. The van der Waals surface area contributed by atoms with E-state index in [1.807, 2.05) is 0 Å². The van der Waals surface area contributed by atoms with Gasteiger partial charge in [-0.3, -0.25) is 0 Å². The van der Waals surface area contributed by atoms with Crippen molar-refractivity contribution in [1.29, 1.82) is 0 Å². The predicted molar refractivity (Wildman–Crippen MR) is 168 cm³/mol. The summed E-state index contributed by atoms with van der Waals surface area (Å²) in [6.45, 7) is 10.5. The Kier molecular flexibility index (Phi) is 56.8. The van der Waals surface area contributed by atoms with Crippen LogP contribution < -0.4 is 0 Å². The van der Waals surface area contributed by atoms with E-state index in [1.54, 1.807) is 0 Å². The van der Waals surface area contributed by atoms with Gasteiger partial charge in [0.1, 0.15) is 0 Å². The van der Waals surface area contributed by atoms with Crippen LogP contribution in [0.15, 0.2) is 0 Å². The maximum Gasteiger partial charge on any atom is 4.00 e. The standard InChI is InChI=1S/4C5H10O2S2.Mo/c4*1-2-3-4-6-7-5(8)9;/h4*2-4H2,1H3,(H,8,9);/q;;;;+4/p-4. The third kappa shape index (κ3) is 72.5. The van der Waals surface area contributed by atoms with Crippen LogP contribution in [0.5, 0.6) is 0 Å². The molecule has 0 unspecified atom stereocenters. The zero-order valence-corrected chi connectivity index (χ0v) is 30.0. The monoisotopic (exact) mass is 758 g/mol. The maximum absolute atomic E-state index is 4.59. The van der Waals surface area contributed by atoms with Crippen LogP contribution in [0.25, 0.3) is 0 Å². The van der Waals surface area contributed by atoms with Crippen molar-refractivity contribution in [1.82, 2.24) is 0 Å². The topological polar surface area (TPSA) is 73.8 Å². The van der Waals surface area contributed by atoms with Crippen LogP contribution in [-0.2, 0) is 111 Å². The number of unbranched alkanes of at least 4 members (excludes halogenated alkanes) is 4. The zero-order chi connectivity index (χ0) is 28.5. The van der Waals surface area contributed by atoms with Crippen molar-refractivity contribution in [3.05, 3.63) is 0 Å². The number of hydrogen-bond acceptors (Lipinski definition) is 16. The molecule has 0 aromatic rings. The number of hydrogen-bond donors (Lipinski definition) is 0. The summed E-state index contributed by atoms with van der Waals surface area (Å²) in [5, 5.41) is 0. The molecule has 0 aromatic carbocycles. The van der Waals surface area contributed by atoms with Gasteiger partial charge in [0.2, 0.25) is 0 Å². The minimum atomic E-state index is 0. The van der Waals surface area contributed by atoms with E-state index in [9.17, 15) is 0 Å². The predicted octanol–water partition coefficient (Wildman–Crippen LogP) is 6.26. The van der Waals surface area contributed by atoms with E-state index in [1.165, 1.54) is 0 Å². The van der Waals surface area contributed by atoms with Crippen molar-refractivity contribution in [2.24, 2.45) is 0 Å². The summed E-state index contributed by atoms with van der Waals surface area (Å²) in [5.74, 6) is 0. The van der Waals surface area contributed by atoms with Crippen molar-refractivity contribution < 1.29 is 60.2 Å². The van der Waals surface area contributed by atoms with E-state index >= 15 is 0 Å². The summed E-state index contributed by atoms with van der Waals surface area (Å²) in [7, 11) is 0. The number of rotatable bonds is 16. The van der Waals surface area contributed by atoms with Gasteiger partial charge in [-0.25, -0.2) is 0 Å². The molecule has 0 rings (SSSR count). The van der Waals surface area contributed by atoms with Crippen molar-refractivity contribution in [3.63, 3.8) is 0 Å². The third-order valence-corrected chi connectivity index (χ3v) is 3.38. The van der Waals surface area contributed by atoms with Gasteiger partial charge in [-0.1, -0.05) is 53.4 Å².